The molecule has 174 valence electrons. The predicted molar refractivity (Wildman–Crippen MR) is 124 cm³/mol. The number of rotatable bonds is 8. The molecule has 0 aliphatic carbocycles. The fraction of sp³-hybridized carbons (Fsp3) is 0.273. The van der Waals surface area contributed by atoms with Crippen LogP contribution in [0.5, 0.6) is 0 Å². The minimum Gasteiger partial charge on any atom is -0.367 e. The summed E-state index contributed by atoms with van der Waals surface area (Å²) >= 11 is 6.02. The van der Waals surface area contributed by atoms with E-state index in [-0.39, 0.29) is 34.2 Å². The molecule has 1 heterocycles. The van der Waals surface area contributed by atoms with Crippen molar-refractivity contribution in [3.8, 4) is 0 Å². The maximum absolute atomic E-state index is 15.0. The molecular formula is C22H24ClFN6O3. The lowest BCUT2D eigenvalue weighted by molar-refractivity contribution is -0.123. The normalized spacial score (nSPS) is 17.5. The molecule has 1 unspecified atom stereocenters. The number of halogens is 2. The first-order valence-electron chi connectivity index (χ1n) is 10.1. The predicted octanol–water partition coefficient (Wildman–Crippen LogP) is 1.09. The van der Waals surface area contributed by atoms with Gasteiger partial charge in [-0.05, 0) is 43.9 Å². The third kappa shape index (κ3) is 5.03. The van der Waals surface area contributed by atoms with E-state index in [9.17, 15) is 18.8 Å². The lowest BCUT2D eigenvalue weighted by Gasteiger charge is -2.28. The van der Waals surface area contributed by atoms with Crippen LogP contribution < -0.4 is 21.7 Å². The maximum Gasteiger partial charge on any atom is 0.268 e. The van der Waals surface area contributed by atoms with Crippen molar-refractivity contribution < 1.29 is 18.8 Å². The molecule has 0 fully saturated rings. The van der Waals surface area contributed by atoms with Crippen molar-refractivity contribution in [2.45, 2.75) is 5.54 Å². The largest absolute Gasteiger partial charge is 0.367 e. The number of benzene rings is 2. The minimum absolute atomic E-state index is 0.0496. The number of hydrogen-bond donors (Lipinski definition) is 4. The van der Waals surface area contributed by atoms with Crippen LogP contribution in [-0.2, 0) is 15.1 Å². The molecule has 33 heavy (non-hydrogen) atoms. The number of hydrogen-bond acceptors (Lipinski definition) is 6. The van der Waals surface area contributed by atoms with Gasteiger partial charge in [0.25, 0.3) is 11.8 Å². The Bertz CT molecular complexity index is 1120. The van der Waals surface area contributed by atoms with Crippen LogP contribution in [0.4, 0.5) is 10.1 Å². The summed E-state index contributed by atoms with van der Waals surface area (Å²) in [4.78, 5) is 43.7. The van der Waals surface area contributed by atoms with E-state index in [1.807, 2.05) is 19.0 Å². The van der Waals surface area contributed by atoms with Gasteiger partial charge < -0.3 is 21.3 Å². The van der Waals surface area contributed by atoms with E-state index in [2.05, 4.69) is 20.9 Å². The molecule has 0 saturated heterocycles. The first-order valence-corrected chi connectivity index (χ1v) is 10.4. The Morgan fingerprint density at radius 2 is 1.94 bits per heavy atom. The number of amides is 3. The van der Waals surface area contributed by atoms with Crippen LogP contribution in [0, 0.1) is 5.82 Å². The van der Waals surface area contributed by atoms with Gasteiger partial charge in [-0.3, -0.25) is 24.7 Å². The summed E-state index contributed by atoms with van der Waals surface area (Å²) in [5.41, 5.74) is 3.83. The van der Waals surface area contributed by atoms with E-state index in [4.69, 9.17) is 17.3 Å². The van der Waals surface area contributed by atoms with Crippen LogP contribution in [0.1, 0.15) is 15.9 Å². The molecule has 0 radical (unpaired) electrons. The van der Waals surface area contributed by atoms with Crippen LogP contribution in [-0.4, -0.2) is 62.2 Å². The number of nitrogens with two attached hydrogens (primary N) is 1. The fourth-order valence-corrected chi connectivity index (χ4v) is 3.65. The number of likely N-dealkylation sites (N-methyl/N-ethyl adjacent to an activating group) is 1. The van der Waals surface area contributed by atoms with Crippen LogP contribution >= 0.6 is 11.6 Å². The second kappa shape index (κ2) is 10.1. The molecule has 2 aromatic rings. The number of carbonyl (C=O) groups is 3. The van der Waals surface area contributed by atoms with Crippen molar-refractivity contribution >= 4 is 40.7 Å². The van der Waals surface area contributed by atoms with Gasteiger partial charge in [0, 0.05) is 13.1 Å². The standard InChI is InChI=1S/C22H24ClFN6O3/c1-30(2)10-9-26-20(32)18-22(21(25)33,28-12-27-18)13-7-8-17(16(24)11-13)29-19(31)14-5-3-4-6-15(14)23/h3-8,11,28H,9-10,12H2,1-2H3,(H2,25,33)(H,26,32)(H,29,31). The molecule has 9 nitrogen and oxygen atoms in total. The molecular weight excluding hydrogens is 451 g/mol. The zero-order valence-electron chi connectivity index (χ0n) is 18.1. The molecule has 0 bridgehead atoms. The Kier molecular flexibility index (Phi) is 7.42. The van der Waals surface area contributed by atoms with Gasteiger partial charge >= 0.3 is 0 Å². The van der Waals surface area contributed by atoms with Crippen LogP contribution in [0.2, 0.25) is 5.02 Å². The summed E-state index contributed by atoms with van der Waals surface area (Å²) in [7, 11) is 3.70. The Morgan fingerprint density at radius 3 is 2.58 bits per heavy atom. The van der Waals surface area contributed by atoms with Crippen molar-refractivity contribution in [1.29, 1.82) is 0 Å². The number of nitrogens with zero attached hydrogens (tertiary/aromatic N) is 2. The van der Waals surface area contributed by atoms with E-state index in [0.717, 1.165) is 6.07 Å². The zero-order chi connectivity index (χ0) is 24.2. The highest BCUT2D eigenvalue weighted by Crippen LogP contribution is 2.30. The number of carbonyl (C=O) groups excluding carboxylic acids is 3. The molecule has 1 aliphatic heterocycles. The van der Waals surface area contributed by atoms with Gasteiger partial charge in [-0.15, -0.1) is 0 Å². The maximum atomic E-state index is 15.0. The lowest BCUT2D eigenvalue weighted by atomic mass is 9.84. The van der Waals surface area contributed by atoms with Crippen LogP contribution in [0.3, 0.4) is 0 Å². The quantitative estimate of drug-likeness (QED) is 0.455. The van der Waals surface area contributed by atoms with Gasteiger partial charge in [0.15, 0.2) is 5.54 Å². The van der Waals surface area contributed by atoms with Gasteiger partial charge in [0.2, 0.25) is 5.91 Å². The first kappa shape index (κ1) is 24.3. The number of primary amides is 1. The molecule has 0 aromatic heterocycles. The van der Waals surface area contributed by atoms with Gasteiger partial charge in [-0.1, -0.05) is 29.8 Å². The zero-order valence-corrected chi connectivity index (χ0v) is 18.9. The molecule has 5 N–H and O–H groups in total. The van der Waals surface area contributed by atoms with Gasteiger partial charge in [-0.2, -0.15) is 0 Å². The van der Waals surface area contributed by atoms with Crippen molar-refractivity contribution in [3.05, 3.63) is 64.4 Å². The molecule has 2 aromatic carbocycles. The van der Waals surface area contributed by atoms with Crippen molar-refractivity contribution in [2.24, 2.45) is 10.7 Å². The smallest absolute Gasteiger partial charge is 0.268 e. The van der Waals surface area contributed by atoms with Crippen LogP contribution in [0.25, 0.3) is 0 Å². The number of aliphatic imine (C=N–C) groups is 1. The average molecular weight is 475 g/mol. The number of anilines is 1. The summed E-state index contributed by atoms with van der Waals surface area (Å²) in [6.07, 6.45) is 0. The average Bonchev–Trinajstić information content (AvgIpc) is 3.21. The van der Waals surface area contributed by atoms with Gasteiger partial charge in [0.1, 0.15) is 11.5 Å². The lowest BCUT2D eigenvalue weighted by Crippen LogP contribution is -2.58. The first-order chi connectivity index (χ1) is 15.7. The van der Waals surface area contributed by atoms with E-state index in [1.54, 1.807) is 18.2 Å². The Hall–Kier alpha value is -3.34. The molecule has 1 atom stereocenters. The monoisotopic (exact) mass is 474 g/mol. The highest BCUT2D eigenvalue weighted by Gasteiger charge is 2.49. The Morgan fingerprint density at radius 1 is 1.21 bits per heavy atom. The van der Waals surface area contributed by atoms with Crippen LogP contribution in [0.15, 0.2) is 47.5 Å². The third-order valence-corrected chi connectivity index (χ3v) is 5.46. The SMILES string of the molecule is CN(C)CCNC(=O)C1=NCNC1(C(N)=O)c1ccc(NC(=O)c2ccccc2Cl)c(F)c1. The molecule has 3 rings (SSSR count). The highest BCUT2D eigenvalue weighted by molar-refractivity contribution is 6.47. The third-order valence-electron chi connectivity index (χ3n) is 5.13. The summed E-state index contributed by atoms with van der Waals surface area (Å²) in [5.74, 6) is -2.92. The summed E-state index contributed by atoms with van der Waals surface area (Å²) < 4.78 is 15.0. The fourth-order valence-electron chi connectivity index (χ4n) is 3.43. The molecule has 1 aliphatic rings. The second-order valence-electron chi connectivity index (χ2n) is 7.64. The molecule has 0 saturated carbocycles. The van der Waals surface area contributed by atoms with E-state index in [1.165, 1.54) is 18.2 Å². The van der Waals surface area contributed by atoms with Gasteiger partial charge in [0.05, 0.1) is 22.9 Å². The van der Waals surface area contributed by atoms with Gasteiger partial charge in [-0.25, -0.2) is 4.39 Å². The second-order valence-corrected chi connectivity index (χ2v) is 8.05. The highest BCUT2D eigenvalue weighted by atomic mass is 35.5. The van der Waals surface area contributed by atoms with E-state index < -0.39 is 29.1 Å². The molecule has 3 amide bonds. The number of nitrogens with one attached hydrogen (secondary N) is 3. The minimum atomic E-state index is -1.81. The molecule has 11 heteroatoms. The Balaban J connectivity index is 1.87. The van der Waals surface area contributed by atoms with E-state index >= 15 is 0 Å². The van der Waals surface area contributed by atoms with Crippen molar-refractivity contribution in [3.63, 3.8) is 0 Å². The van der Waals surface area contributed by atoms with Crippen molar-refractivity contribution in [1.82, 2.24) is 15.5 Å². The summed E-state index contributed by atoms with van der Waals surface area (Å²) in [5, 5.41) is 8.17. The van der Waals surface area contributed by atoms with E-state index in [0.29, 0.717) is 13.1 Å². The topological polar surface area (TPSA) is 129 Å². The summed E-state index contributed by atoms with van der Waals surface area (Å²) in [6.45, 7) is 0.845. The van der Waals surface area contributed by atoms with Crippen molar-refractivity contribution in [2.75, 3.05) is 39.2 Å². The Labute approximate surface area is 195 Å². The summed E-state index contributed by atoms with van der Waals surface area (Å²) in [6, 6.07) is 10.1. The molecule has 0 spiro atoms.